The van der Waals surface area contributed by atoms with Gasteiger partial charge >= 0.3 is 0 Å². The van der Waals surface area contributed by atoms with Gasteiger partial charge in [0.1, 0.15) is 0 Å². The lowest BCUT2D eigenvalue weighted by Crippen LogP contribution is -2.28. The van der Waals surface area contributed by atoms with E-state index in [1.54, 1.807) is 0 Å². The summed E-state index contributed by atoms with van der Waals surface area (Å²) in [7, 11) is 0. The maximum absolute atomic E-state index is 5.87. The average molecular weight is 245 g/mol. The summed E-state index contributed by atoms with van der Waals surface area (Å²) in [5.74, 6) is 0.912. The van der Waals surface area contributed by atoms with Gasteiger partial charge in [-0.1, -0.05) is 70.2 Å². The minimum atomic E-state index is 0.0998. The number of hydrogen-bond donors (Lipinski definition) is 1. The summed E-state index contributed by atoms with van der Waals surface area (Å²) in [4.78, 5) is 0. The molecular formula is C17H27N. The van der Waals surface area contributed by atoms with Crippen molar-refractivity contribution in [3.63, 3.8) is 0 Å². The van der Waals surface area contributed by atoms with E-state index in [4.69, 9.17) is 5.73 Å². The van der Waals surface area contributed by atoms with Gasteiger partial charge in [-0.3, -0.25) is 0 Å². The molecule has 1 aliphatic carbocycles. The molecule has 0 unspecified atom stereocenters. The van der Waals surface area contributed by atoms with Crippen molar-refractivity contribution in [2.75, 3.05) is 6.54 Å². The Balaban J connectivity index is 2.07. The topological polar surface area (TPSA) is 26.0 Å². The molecule has 1 fully saturated rings. The largest absolute Gasteiger partial charge is 0.330 e. The highest BCUT2D eigenvalue weighted by molar-refractivity contribution is 5.29. The molecule has 0 atom stereocenters. The average Bonchev–Trinajstić information content (AvgIpc) is 2.40. The van der Waals surface area contributed by atoms with Crippen LogP contribution in [0.3, 0.4) is 0 Å². The SMILES string of the molecule is CC(C)(CN)c1cccc(CC2CCCCC2)c1. The fourth-order valence-electron chi connectivity index (χ4n) is 2.96. The third kappa shape index (κ3) is 3.35. The zero-order valence-corrected chi connectivity index (χ0v) is 11.9. The molecule has 0 bridgehead atoms. The van der Waals surface area contributed by atoms with Crippen molar-refractivity contribution >= 4 is 0 Å². The summed E-state index contributed by atoms with van der Waals surface area (Å²) in [5.41, 5.74) is 8.86. The number of benzene rings is 1. The van der Waals surface area contributed by atoms with Crippen LogP contribution in [-0.2, 0) is 11.8 Å². The molecule has 1 saturated carbocycles. The Morgan fingerprint density at radius 2 is 1.89 bits per heavy atom. The van der Waals surface area contributed by atoms with Crippen LogP contribution in [0.1, 0.15) is 57.1 Å². The standard InChI is InChI=1S/C17H27N/c1-17(2,13-18)16-10-6-9-15(12-16)11-14-7-4-3-5-8-14/h6,9-10,12,14H,3-5,7-8,11,13,18H2,1-2H3. The highest BCUT2D eigenvalue weighted by atomic mass is 14.6. The Morgan fingerprint density at radius 3 is 2.56 bits per heavy atom. The summed E-state index contributed by atoms with van der Waals surface area (Å²) >= 11 is 0. The number of nitrogens with two attached hydrogens (primary N) is 1. The molecule has 0 saturated heterocycles. The Labute approximate surface area is 112 Å². The minimum Gasteiger partial charge on any atom is -0.330 e. The second-order valence-electron chi connectivity index (χ2n) is 6.50. The molecule has 1 aliphatic rings. The lowest BCUT2D eigenvalue weighted by molar-refractivity contribution is 0.356. The Bertz CT molecular complexity index is 375. The van der Waals surface area contributed by atoms with Gasteiger partial charge in [-0.15, -0.1) is 0 Å². The van der Waals surface area contributed by atoms with Crippen LogP contribution < -0.4 is 5.73 Å². The van der Waals surface area contributed by atoms with E-state index in [2.05, 4.69) is 38.1 Å². The second-order valence-corrected chi connectivity index (χ2v) is 6.50. The fourth-order valence-corrected chi connectivity index (χ4v) is 2.96. The predicted molar refractivity (Wildman–Crippen MR) is 78.8 cm³/mol. The molecular weight excluding hydrogens is 218 g/mol. The van der Waals surface area contributed by atoms with E-state index >= 15 is 0 Å². The molecule has 1 heteroatoms. The quantitative estimate of drug-likeness (QED) is 0.851. The summed E-state index contributed by atoms with van der Waals surface area (Å²) in [6, 6.07) is 9.08. The van der Waals surface area contributed by atoms with Crippen molar-refractivity contribution in [3.8, 4) is 0 Å². The van der Waals surface area contributed by atoms with Crippen molar-refractivity contribution < 1.29 is 0 Å². The van der Waals surface area contributed by atoms with Crippen LogP contribution in [-0.4, -0.2) is 6.54 Å². The van der Waals surface area contributed by atoms with Crippen LogP contribution in [0, 0.1) is 5.92 Å². The first kappa shape index (κ1) is 13.6. The molecule has 100 valence electrons. The molecule has 0 aromatic heterocycles. The van der Waals surface area contributed by atoms with Gasteiger partial charge in [0.25, 0.3) is 0 Å². The molecule has 0 aliphatic heterocycles. The van der Waals surface area contributed by atoms with E-state index < -0.39 is 0 Å². The predicted octanol–water partition coefficient (Wildman–Crippen LogP) is 4.05. The fraction of sp³-hybridized carbons (Fsp3) is 0.647. The lowest BCUT2D eigenvalue weighted by Gasteiger charge is -2.25. The summed E-state index contributed by atoms with van der Waals surface area (Å²) < 4.78 is 0. The number of hydrogen-bond acceptors (Lipinski definition) is 1. The van der Waals surface area contributed by atoms with Gasteiger partial charge in [-0.2, -0.15) is 0 Å². The number of rotatable bonds is 4. The Morgan fingerprint density at radius 1 is 1.17 bits per heavy atom. The minimum absolute atomic E-state index is 0.0998. The van der Waals surface area contributed by atoms with Crippen LogP contribution >= 0.6 is 0 Å². The molecule has 18 heavy (non-hydrogen) atoms. The van der Waals surface area contributed by atoms with Gasteiger partial charge in [0.05, 0.1) is 0 Å². The van der Waals surface area contributed by atoms with Crippen molar-refractivity contribution in [3.05, 3.63) is 35.4 Å². The zero-order valence-electron chi connectivity index (χ0n) is 11.9. The van der Waals surface area contributed by atoms with E-state index in [9.17, 15) is 0 Å². The highest BCUT2D eigenvalue weighted by Crippen LogP contribution is 2.28. The lowest BCUT2D eigenvalue weighted by atomic mass is 9.81. The Kier molecular flexibility index (Phi) is 4.45. The van der Waals surface area contributed by atoms with Gasteiger partial charge in [0, 0.05) is 12.0 Å². The van der Waals surface area contributed by atoms with Crippen LogP contribution in [0.2, 0.25) is 0 Å². The van der Waals surface area contributed by atoms with E-state index in [1.807, 2.05) is 0 Å². The van der Waals surface area contributed by atoms with Crippen LogP contribution in [0.5, 0.6) is 0 Å². The molecule has 2 rings (SSSR count). The van der Waals surface area contributed by atoms with E-state index in [-0.39, 0.29) is 5.41 Å². The molecule has 0 spiro atoms. The van der Waals surface area contributed by atoms with Crippen LogP contribution in [0.25, 0.3) is 0 Å². The molecule has 0 amide bonds. The van der Waals surface area contributed by atoms with Gasteiger partial charge in [-0.25, -0.2) is 0 Å². The molecule has 1 aromatic carbocycles. The van der Waals surface area contributed by atoms with Gasteiger partial charge in [0.2, 0.25) is 0 Å². The maximum atomic E-state index is 5.87. The monoisotopic (exact) mass is 245 g/mol. The second kappa shape index (κ2) is 5.88. The third-order valence-electron chi connectivity index (χ3n) is 4.47. The first-order chi connectivity index (χ1) is 8.62. The van der Waals surface area contributed by atoms with Crippen molar-refractivity contribution in [2.24, 2.45) is 11.7 Å². The smallest absolute Gasteiger partial charge is 0.00191 e. The van der Waals surface area contributed by atoms with E-state index in [1.165, 1.54) is 49.7 Å². The molecule has 2 N–H and O–H groups in total. The zero-order chi connectivity index (χ0) is 13.0. The third-order valence-corrected chi connectivity index (χ3v) is 4.47. The molecule has 0 radical (unpaired) electrons. The highest BCUT2D eigenvalue weighted by Gasteiger charge is 2.19. The molecule has 1 nitrogen and oxygen atoms in total. The van der Waals surface area contributed by atoms with Crippen LogP contribution in [0.4, 0.5) is 0 Å². The Hall–Kier alpha value is -0.820. The first-order valence-corrected chi connectivity index (χ1v) is 7.41. The van der Waals surface area contributed by atoms with Crippen molar-refractivity contribution in [1.82, 2.24) is 0 Å². The summed E-state index contributed by atoms with van der Waals surface area (Å²) in [5, 5.41) is 0. The van der Waals surface area contributed by atoms with E-state index in [0.717, 1.165) is 5.92 Å². The van der Waals surface area contributed by atoms with Gasteiger partial charge in [0.15, 0.2) is 0 Å². The summed E-state index contributed by atoms with van der Waals surface area (Å²) in [6.07, 6.45) is 8.40. The molecule has 1 aromatic rings. The summed E-state index contributed by atoms with van der Waals surface area (Å²) in [6.45, 7) is 5.17. The first-order valence-electron chi connectivity index (χ1n) is 7.41. The molecule has 0 heterocycles. The van der Waals surface area contributed by atoms with Gasteiger partial charge in [-0.05, 0) is 23.5 Å². The maximum Gasteiger partial charge on any atom is 0.00191 e. The normalized spacial score (nSPS) is 17.9. The van der Waals surface area contributed by atoms with Crippen molar-refractivity contribution in [1.29, 1.82) is 0 Å². The van der Waals surface area contributed by atoms with Gasteiger partial charge < -0.3 is 5.73 Å². The van der Waals surface area contributed by atoms with Crippen LogP contribution in [0.15, 0.2) is 24.3 Å². The van der Waals surface area contributed by atoms with Crippen molar-refractivity contribution in [2.45, 2.75) is 57.8 Å². The van der Waals surface area contributed by atoms with E-state index in [0.29, 0.717) is 6.54 Å².